The Balaban J connectivity index is 1.59. The van der Waals surface area contributed by atoms with Gasteiger partial charge < -0.3 is 58.7 Å². The molecule has 1 aromatic rings. The monoisotopic (exact) mass is 1040 g/mol. The quantitative estimate of drug-likeness (QED) is 0.0768. The molecule has 0 spiro atoms. The molecule has 5 N–H and O–H groups in total. The maximum Gasteiger partial charge on any atom is 0.342 e. The van der Waals surface area contributed by atoms with E-state index in [9.17, 15) is 44.7 Å². The molecule has 3 aliphatic heterocycles. The van der Waals surface area contributed by atoms with Crippen LogP contribution in [0.4, 0.5) is 0 Å². The number of Topliss-reactive ketones (excluding diaryl/α,β-unsaturated/α-hetero) is 1. The number of ketones is 1. The molecule has 0 saturated carbocycles. The molecule has 0 radical (unpaired) electrons. The molecular weight excluding hydrogens is 963 g/mol. The molecule has 13 atom stereocenters. The molecule has 13 unspecified atom stereocenters. The zero-order valence-corrected chi connectivity index (χ0v) is 44.6. The lowest BCUT2D eigenvalue weighted by molar-refractivity contribution is -0.333. The molecule has 16 nitrogen and oxygen atoms in total. The first kappa shape index (κ1) is 59.6. The number of aromatic hydroxyl groups is 1. The fourth-order valence-corrected chi connectivity index (χ4v) is 9.21. The van der Waals surface area contributed by atoms with E-state index >= 15 is 0 Å². The first-order valence-corrected chi connectivity index (χ1v) is 25.0. The van der Waals surface area contributed by atoms with Crippen LogP contribution in [0, 0.1) is 24.7 Å². The van der Waals surface area contributed by atoms with Crippen LogP contribution in [-0.4, -0.2) is 129 Å². The fraction of sp³-hybridized carbons (Fsp3) is 0.623. The van der Waals surface area contributed by atoms with Crippen molar-refractivity contribution in [2.24, 2.45) is 17.8 Å². The Labute approximate surface area is 427 Å². The molecule has 396 valence electrons. The molecule has 0 aromatic heterocycles. The third-order valence-corrected chi connectivity index (χ3v) is 14.2. The first-order chi connectivity index (χ1) is 33.2. The van der Waals surface area contributed by atoms with E-state index in [1.165, 1.54) is 13.0 Å². The van der Waals surface area contributed by atoms with E-state index in [4.69, 9.17) is 56.4 Å². The highest BCUT2D eigenvalue weighted by Crippen LogP contribution is 2.41. The Morgan fingerprint density at radius 2 is 1.58 bits per heavy atom. The molecule has 3 aliphatic rings. The number of hydrogen-bond acceptors (Lipinski definition) is 16. The average molecular weight is 1040 g/mol. The molecule has 0 amide bonds. The standard InChI is InChI=1S/C53H74Cl2O16/c1-14-33-23-27(6)36(57)19-17-16-18-34(24-65-51-30(9)41(58)46(32(11)66-51)68-50(64)38-35(15-2)39(54)29(8)40(55)42(38)59)49(63)67-37(31(10)56)21-20-26(5)22-28(7)45(33)69-52-44(61)43(60)47(53(12,13)71-52)70-48(62)25(3)4/h16-18,20,22-23,25,30,32-33,36-37,41,43-47,51-52,57-61H,14-15,19,21,24H2,1-13H3/b17-16+,26-20+,27-23+,28-22+,34-18+. The van der Waals surface area contributed by atoms with Gasteiger partial charge in [0.25, 0.3) is 0 Å². The molecule has 2 fully saturated rings. The molecule has 4 rings (SSSR count). The van der Waals surface area contributed by atoms with Crippen LogP contribution in [0.2, 0.25) is 10.0 Å². The normalized spacial score (nSPS) is 34.6. The Morgan fingerprint density at radius 3 is 2.18 bits per heavy atom. The van der Waals surface area contributed by atoms with Crippen LogP contribution < -0.4 is 0 Å². The minimum Gasteiger partial charge on any atom is -0.505 e. The first-order valence-electron chi connectivity index (χ1n) is 24.2. The van der Waals surface area contributed by atoms with Gasteiger partial charge in [0.1, 0.15) is 35.2 Å². The Kier molecular flexibility index (Phi) is 21.7. The van der Waals surface area contributed by atoms with Gasteiger partial charge in [0.15, 0.2) is 36.7 Å². The van der Waals surface area contributed by atoms with Gasteiger partial charge in [0.2, 0.25) is 0 Å². The van der Waals surface area contributed by atoms with E-state index in [1.807, 2.05) is 26.0 Å². The van der Waals surface area contributed by atoms with E-state index in [1.54, 1.807) is 87.5 Å². The predicted molar refractivity (Wildman–Crippen MR) is 266 cm³/mol. The van der Waals surface area contributed by atoms with Crippen molar-refractivity contribution < 1.29 is 77.9 Å². The van der Waals surface area contributed by atoms with Gasteiger partial charge in [-0.25, -0.2) is 9.59 Å². The summed E-state index contributed by atoms with van der Waals surface area (Å²) in [6.45, 7) is 21.4. The molecule has 1 aromatic carbocycles. The van der Waals surface area contributed by atoms with Gasteiger partial charge in [-0.3, -0.25) is 9.59 Å². The number of carbonyl (C=O) groups excluding carboxylic acids is 4. The number of allylic oxidation sites excluding steroid dienone is 4. The summed E-state index contributed by atoms with van der Waals surface area (Å²) >= 11 is 12.8. The lowest BCUT2D eigenvalue weighted by atomic mass is 9.88. The van der Waals surface area contributed by atoms with Crippen LogP contribution in [-0.2, 0) is 54.0 Å². The van der Waals surface area contributed by atoms with E-state index in [-0.39, 0.29) is 46.4 Å². The van der Waals surface area contributed by atoms with Crippen molar-refractivity contribution in [1.82, 2.24) is 0 Å². The predicted octanol–water partition coefficient (Wildman–Crippen LogP) is 7.67. The Bertz CT molecular complexity index is 2250. The van der Waals surface area contributed by atoms with E-state index in [0.29, 0.717) is 34.3 Å². The van der Waals surface area contributed by atoms with Gasteiger partial charge in [-0.05, 0) is 103 Å². The summed E-state index contributed by atoms with van der Waals surface area (Å²) in [4.78, 5) is 52.9. The Hall–Kier alpha value is -3.94. The highest BCUT2D eigenvalue weighted by atomic mass is 35.5. The van der Waals surface area contributed by atoms with Crippen LogP contribution in [0.25, 0.3) is 0 Å². The summed E-state index contributed by atoms with van der Waals surface area (Å²) in [5, 5.41) is 56.4. The van der Waals surface area contributed by atoms with Crippen molar-refractivity contribution in [2.45, 2.75) is 189 Å². The summed E-state index contributed by atoms with van der Waals surface area (Å²) in [6.07, 6.45) is -2.25. The minimum absolute atomic E-state index is 0.00102. The van der Waals surface area contributed by atoms with Crippen molar-refractivity contribution in [3.8, 4) is 5.75 Å². The van der Waals surface area contributed by atoms with Crippen LogP contribution >= 0.6 is 23.2 Å². The SMILES string of the molecule is CCc1c(Cl)c(C)c(Cl)c(O)c1C(=O)OC1C(C)OC(OC/C2=C\C=C\CC(O)/C(C)=C/C(CC)C(OC3OC(C)(C)C(OC(=O)C(C)C)C(O)C3O)/C(C)=C/C(C)=C/CC(C(C)=O)OC2=O)C(C)C1O. The second-order valence-electron chi connectivity index (χ2n) is 19.6. The molecule has 0 aliphatic carbocycles. The molecule has 2 saturated heterocycles. The summed E-state index contributed by atoms with van der Waals surface area (Å²) in [5.41, 5.74) is 1.20. The maximum atomic E-state index is 13.9. The van der Waals surface area contributed by atoms with Gasteiger partial charge in [0.05, 0.1) is 41.4 Å². The number of ether oxygens (including phenoxy) is 7. The van der Waals surface area contributed by atoms with Crippen molar-refractivity contribution in [3.63, 3.8) is 0 Å². The van der Waals surface area contributed by atoms with E-state index in [0.717, 1.165) is 0 Å². The summed E-state index contributed by atoms with van der Waals surface area (Å²) in [6, 6.07) is 0. The van der Waals surface area contributed by atoms with Crippen molar-refractivity contribution in [1.29, 1.82) is 0 Å². The molecular formula is C53H74Cl2O16. The van der Waals surface area contributed by atoms with Crippen LogP contribution in [0.3, 0.4) is 0 Å². The second kappa shape index (κ2) is 25.8. The Morgan fingerprint density at radius 1 is 0.915 bits per heavy atom. The highest BCUT2D eigenvalue weighted by molar-refractivity contribution is 6.38. The van der Waals surface area contributed by atoms with E-state index < -0.39 is 121 Å². The number of benzene rings is 1. The van der Waals surface area contributed by atoms with Crippen LogP contribution in [0.15, 0.2) is 58.7 Å². The highest BCUT2D eigenvalue weighted by Gasteiger charge is 2.53. The molecule has 71 heavy (non-hydrogen) atoms. The van der Waals surface area contributed by atoms with E-state index in [2.05, 4.69) is 0 Å². The summed E-state index contributed by atoms with van der Waals surface area (Å²) < 4.78 is 42.1. The summed E-state index contributed by atoms with van der Waals surface area (Å²) in [5.74, 6) is -4.99. The third-order valence-electron chi connectivity index (χ3n) is 13.2. The molecule has 3 heterocycles. The van der Waals surface area contributed by atoms with Crippen LogP contribution in [0.5, 0.6) is 5.75 Å². The van der Waals surface area contributed by atoms with Crippen molar-refractivity contribution in [2.75, 3.05) is 6.61 Å². The number of hydrogen-bond donors (Lipinski definition) is 5. The maximum absolute atomic E-state index is 13.9. The molecule has 0 bridgehead atoms. The van der Waals surface area contributed by atoms with Crippen molar-refractivity contribution >= 4 is 46.9 Å². The number of aliphatic hydroxyl groups excluding tert-OH is 4. The number of carbonyl (C=O) groups is 4. The average Bonchev–Trinajstić information content (AvgIpc) is 3.31. The van der Waals surface area contributed by atoms with Gasteiger partial charge in [-0.2, -0.15) is 0 Å². The van der Waals surface area contributed by atoms with Gasteiger partial charge in [-0.1, -0.05) is 93.8 Å². The van der Waals surface area contributed by atoms with Crippen LogP contribution in [0.1, 0.15) is 124 Å². The van der Waals surface area contributed by atoms with Gasteiger partial charge >= 0.3 is 17.9 Å². The summed E-state index contributed by atoms with van der Waals surface area (Å²) in [7, 11) is 0. The zero-order valence-electron chi connectivity index (χ0n) is 43.1. The number of halogens is 2. The number of esters is 3. The van der Waals surface area contributed by atoms with Gasteiger partial charge in [-0.15, -0.1) is 0 Å². The fourth-order valence-electron chi connectivity index (χ4n) is 8.65. The smallest absolute Gasteiger partial charge is 0.342 e. The lowest BCUT2D eigenvalue weighted by Crippen LogP contribution is -2.64. The lowest BCUT2D eigenvalue weighted by Gasteiger charge is -2.47. The third kappa shape index (κ3) is 14.6. The molecule has 18 heteroatoms. The largest absolute Gasteiger partial charge is 0.505 e. The number of phenols is 1. The van der Waals surface area contributed by atoms with Crippen molar-refractivity contribution in [3.05, 3.63) is 85.5 Å². The number of cyclic esters (lactones) is 1. The number of rotatable bonds is 12. The minimum atomic E-state index is -1.60. The number of aliphatic hydroxyl groups is 4. The topological polar surface area (TPSA) is 234 Å². The zero-order chi connectivity index (χ0) is 53.4. The van der Waals surface area contributed by atoms with Gasteiger partial charge in [0, 0.05) is 23.3 Å². The second-order valence-corrected chi connectivity index (χ2v) is 20.4. The number of phenolic OH excluding ortho intramolecular Hbond substituents is 1.